The summed E-state index contributed by atoms with van der Waals surface area (Å²) in [7, 11) is 0. The number of nitro benzene ring substituents is 1. The first-order chi connectivity index (χ1) is 18.5. The number of nitro groups is 1. The van der Waals surface area contributed by atoms with Crippen LogP contribution in [0, 0.1) is 10.1 Å². The van der Waals surface area contributed by atoms with Crippen LogP contribution in [0.4, 0.5) is 5.69 Å². The molecule has 1 amide bonds. The number of carbonyl (C=O) groups is 1. The smallest absolute Gasteiger partial charge is 0.270 e. The van der Waals surface area contributed by atoms with E-state index in [1.54, 1.807) is 30.3 Å². The number of nitrogens with zero attached hydrogens (tertiary/aromatic N) is 4. The summed E-state index contributed by atoms with van der Waals surface area (Å²) in [6.45, 7) is 0.179. The van der Waals surface area contributed by atoms with Crippen LogP contribution < -0.4 is 4.74 Å². The van der Waals surface area contributed by atoms with Gasteiger partial charge >= 0.3 is 0 Å². The Morgan fingerprint density at radius 1 is 0.947 bits per heavy atom. The number of benzene rings is 3. The van der Waals surface area contributed by atoms with Gasteiger partial charge in [0.25, 0.3) is 11.6 Å². The van der Waals surface area contributed by atoms with Crippen molar-refractivity contribution in [2.75, 3.05) is 0 Å². The second-order valence-corrected chi connectivity index (χ2v) is 9.06. The third-order valence-electron chi connectivity index (χ3n) is 5.35. The van der Waals surface area contributed by atoms with Gasteiger partial charge in [0.2, 0.25) is 0 Å². The zero-order valence-corrected chi connectivity index (χ0v) is 20.7. The van der Waals surface area contributed by atoms with Crippen molar-refractivity contribution in [1.82, 2.24) is 4.90 Å². The van der Waals surface area contributed by atoms with Crippen LogP contribution in [0.3, 0.4) is 0 Å². The van der Waals surface area contributed by atoms with Gasteiger partial charge in [-0.3, -0.25) is 19.8 Å². The number of amidine groups is 1. The van der Waals surface area contributed by atoms with E-state index >= 15 is 0 Å². The first-order valence-electron chi connectivity index (χ1n) is 11.5. The summed E-state index contributed by atoms with van der Waals surface area (Å²) in [5, 5.41) is 19.7. The molecule has 0 N–H and O–H groups in total. The molecule has 1 saturated heterocycles. The highest BCUT2D eigenvalue weighted by Gasteiger charge is 2.34. The van der Waals surface area contributed by atoms with Gasteiger partial charge in [0, 0.05) is 17.7 Å². The number of furan rings is 1. The predicted octanol–water partition coefficient (Wildman–Crippen LogP) is 6.49. The van der Waals surface area contributed by atoms with Crippen LogP contribution in [0.15, 0.2) is 117 Å². The fraction of sp³-hybridized carbons (Fsp3) is 0.0357. The molecule has 2 heterocycles. The molecule has 1 aliphatic heterocycles. The molecule has 3 aromatic carbocycles. The number of hydrogen-bond donors (Lipinski definition) is 0. The zero-order valence-electron chi connectivity index (χ0n) is 19.8. The highest BCUT2D eigenvalue weighted by atomic mass is 32.2. The Balaban J connectivity index is 1.40. The van der Waals surface area contributed by atoms with E-state index in [9.17, 15) is 14.9 Å². The number of thioether (sulfide) groups is 1. The van der Waals surface area contributed by atoms with E-state index < -0.39 is 4.92 Å². The number of ether oxygens (including phenoxy) is 1. The van der Waals surface area contributed by atoms with Gasteiger partial charge in [0.1, 0.15) is 17.3 Å². The Bertz CT molecular complexity index is 1550. The molecule has 0 saturated carbocycles. The number of non-ortho nitro benzene ring substituents is 1. The average Bonchev–Trinajstić information content (AvgIpc) is 3.54. The van der Waals surface area contributed by atoms with E-state index in [-0.39, 0.29) is 18.1 Å². The zero-order chi connectivity index (χ0) is 26.3. The molecule has 0 aliphatic carbocycles. The molecular weight excluding hydrogens is 504 g/mol. The van der Waals surface area contributed by atoms with E-state index in [2.05, 4.69) is 10.2 Å². The van der Waals surface area contributed by atoms with Crippen LogP contribution in [0.2, 0.25) is 0 Å². The topological polar surface area (TPSA) is 111 Å². The molecule has 0 unspecified atom stereocenters. The van der Waals surface area contributed by atoms with E-state index in [1.807, 2.05) is 54.6 Å². The standard InChI is InChI=1S/C28H20N4O5S/c33-27-26(17-20-7-5-12-24(16-20)37-23-10-2-1-3-11-23)38-28(31(27)19-25-13-6-14-36-25)30-29-18-21-8-4-9-22(15-21)32(34)35/h1-18H,19H2/b26-17-,29-18-,30-28+. The van der Waals surface area contributed by atoms with Crippen LogP contribution in [0.1, 0.15) is 16.9 Å². The van der Waals surface area contributed by atoms with E-state index in [0.29, 0.717) is 32.9 Å². The third-order valence-corrected chi connectivity index (χ3v) is 6.35. The second kappa shape index (κ2) is 11.4. The summed E-state index contributed by atoms with van der Waals surface area (Å²) >= 11 is 1.18. The summed E-state index contributed by atoms with van der Waals surface area (Å²) in [6, 6.07) is 26.4. The predicted molar refractivity (Wildman–Crippen MR) is 146 cm³/mol. The first-order valence-corrected chi connectivity index (χ1v) is 12.3. The van der Waals surface area contributed by atoms with E-state index in [4.69, 9.17) is 9.15 Å². The second-order valence-electron chi connectivity index (χ2n) is 8.05. The van der Waals surface area contributed by atoms with Crippen molar-refractivity contribution in [3.8, 4) is 11.5 Å². The first kappa shape index (κ1) is 24.7. The van der Waals surface area contributed by atoms with Crippen LogP contribution in [0.5, 0.6) is 11.5 Å². The van der Waals surface area contributed by atoms with Crippen molar-refractivity contribution in [1.29, 1.82) is 0 Å². The third kappa shape index (κ3) is 6.05. The summed E-state index contributed by atoms with van der Waals surface area (Å²) in [4.78, 5) is 25.8. The quantitative estimate of drug-likeness (QED) is 0.113. The van der Waals surface area contributed by atoms with Crippen molar-refractivity contribution in [2.45, 2.75) is 6.54 Å². The molecule has 9 nitrogen and oxygen atoms in total. The van der Waals surface area contributed by atoms with Crippen molar-refractivity contribution in [3.05, 3.63) is 129 Å². The summed E-state index contributed by atoms with van der Waals surface area (Å²) < 4.78 is 11.3. The lowest BCUT2D eigenvalue weighted by Gasteiger charge is -2.12. The van der Waals surface area contributed by atoms with Crippen molar-refractivity contribution < 1.29 is 18.9 Å². The molecule has 0 spiro atoms. The van der Waals surface area contributed by atoms with Crippen LogP contribution >= 0.6 is 11.8 Å². The van der Waals surface area contributed by atoms with Gasteiger partial charge in [0.15, 0.2) is 5.17 Å². The minimum atomic E-state index is -0.475. The number of carbonyl (C=O) groups excluding carboxylic acids is 1. The fourth-order valence-corrected chi connectivity index (χ4v) is 4.52. The largest absolute Gasteiger partial charge is 0.467 e. The molecule has 5 rings (SSSR count). The van der Waals surface area contributed by atoms with Gasteiger partial charge in [0.05, 0.1) is 28.9 Å². The number of hydrogen-bond acceptors (Lipinski definition) is 8. The summed E-state index contributed by atoms with van der Waals surface area (Å²) in [5.41, 5.74) is 1.25. The Kier molecular flexibility index (Phi) is 7.42. The normalized spacial score (nSPS) is 15.6. The minimum absolute atomic E-state index is 0.0461. The molecule has 1 aliphatic rings. The van der Waals surface area contributed by atoms with E-state index in [1.165, 1.54) is 41.3 Å². The summed E-state index contributed by atoms with van der Waals surface area (Å²) in [5.74, 6) is 1.70. The highest BCUT2D eigenvalue weighted by molar-refractivity contribution is 8.18. The Labute approximate surface area is 221 Å². The number of para-hydroxylation sites is 1. The van der Waals surface area contributed by atoms with Gasteiger partial charge in [-0.25, -0.2) is 0 Å². The molecule has 188 valence electrons. The van der Waals surface area contributed by atoms with Gasteiger partial charge in [-0.05, 0) is 59.8 Å². The van der Waals surface area contributed by atoms with Gasteiger partial charge in [-0.2, -0.15) is 5.10 Å². The lowest BCUT2D eigenvalue weighted by Crippen LogP contribution is -2.28. The minimum Gasteiger partial charge on any atom is -0.467 e. The molecule has 4 aromatic rings. The molecule has 0 atom stereocenters. The Morgan fingerprint density at radius 3 is 2.53 bits per heavy atom. The molecule has 0 bridgehead atoms. The maximum absolute atomic E-state index is 13.3. The fourth-order valence-electron chi connectivity index (χ4n) is 3.59. The Hall–Kier alpha value is -4.96. The molecule has 1 fully saturated rings. The van der Waals surface area contributed by atoms with Gasteiger partial charge in [-0.15, -0.1) is 5.10 Å². The number of amides is 1. The van der Waals surface area contributed by atoms with Crippen LogP contribution in [-0.4, -0.2) is 27.1 Å². The average molecular weight is 525 g/mol. The molecule has 10 heteroatoms. The lowest BCUT2D eigenvalue weighted by atomic mass is 10.2. The molecule has 1 aromatic heterocycles. The van der Waals surface area contributed by atoms with Crippen molar-refractivity contribution >= 4 is 40.8 Å². The molecule has 0 radical (unpaired) electrons. The molecular formula is C28H20N4O5S. The summed E-state index contributed by atoms with van der Waals surface area (Å²) in [6.07, 6.45) is 4.71. The molecule has 38 heavy (non-hydrogen) atoms. The maximum atomic E-state index is 13.3. The maximum Gasteiger partial charge on any atom is 0.270 e. The Morgan fingerprint density at radius 2 is 1.74 bits per heavy atom. The SMILES string of the molecule is O=C1/C(=C/c2cccc(Oc3ccccc3)c2)S/C(=N/N=C\c2cccc([N+](=O)[O-])c2)N1Cc1ccco1. The van der Waals surface area contributed by atoms with Crippen LogP contribution in [0.25, 0.3) is 6.08 Å². The highest BCUT2D eigenvalue weighted by Crippen LogP contribution is 2.34. The number of rotatable bonds is 8. The van der Waals surface area contributed by atoms with Gasteiger partial charge < -0.3 is 9.15 Å². The van der Waals surface area contributed by atoms with Crippen molar-refractivity contribution in [3.63, 3.8) is 0 Å². The van der Waals surface area contributed by atoms with E-state index in [0.717, 1.165) is 5.56 Å². The van der Waals surface area contributed by atoms with Gasteiger partial charge in [-0.1, -0.05) is 42.5 Å². The lowest BCUT2D eigenvalue weighted by molar-refractivity contribution is -0.384. The monoisotopic (exact) mass is 524 g/mol. The van der Waals surface area contributed by atoms with Crippen LogP contribution in [-0.2, 0) is 11.3 Å². The van der Waals surface area contributed by atoms with Crippen molar-refractivity contribution in [2.24, 2.45) is 10.2 Å².